The molecule has 0 aromatic carbocycles. The van der Waals surface area contributed by atoms with E-state index in [0.717, 1.165) is 24.5 Å². The van der Waals surface area contributed by atoms with Gasteiger partial charge in [-0.1, -0.05) is 26.2 Å². The van der Waals surface area contributed by atoms with Crippen molar-refractivity contribution in [3.05, 3.63) is 0 Å². The van der Waals surface area contributed by atoms with Gasteiger partial charge >= 0.3 is 0 Å². The van der Waals surface area contributed by atoms with Crippen molar-refractivity contribution in [1.29, 1.82) is 0 Å². The Balaban J connectivity index is 1.98. The zero-order valence-corrected chi connectivity index (χ0v) is 11.9. The Hall–Kier alpha value is -0.0800. The lowest BCUT2D eigenvalue weighted by Gasteiger charge is -2.46. The highest BCUT2D eigenvalue weighted by atomic mass is 15.2. The zero-order valence-electron chi connectivity index (χ0n) is 11.9. The van der Waals surface area contributed by atoms with E-state index in [9.17, 15) is 0 Å². The first-order chi connectivity index (χ1) is 8.00. The molecular formula is C15H30N2. The average molecular weight is 238 g/mol. The van der Waals surface area contributed by atoms with Crippen LogP contribution in [-0.4, -0.2) is 29.1 Å². The topological polar surface area (TPSA) is 29.3 Å². The molecule has 0 spiro atoms. The Morgan fingerprint density at radius 2 is 1.71 bits per heavy atom. The third-order valence-corrected chi connectivity index (χ3v) is 5.00. The van der Waals surface area contributed by atoms with Gasteiger partial charge in [0.25, 0.3) is 0 Å². The van der Waals surface area contributed by atoms with Gasteiger partial charge < -0.3 is 5.73 Å². The smallest absolute Gasteiger partial charge is 0.0286 e. The highest BCUT2D eigenvalue weighted by molar-refractivity contribution is 4.95. The highest BCUT2D eigenvalue weighted by Crippen LogP contribution is 2.33. The summed E-state index contributed by atoms with van der Waals surface area (Å²) in [5.41, 5.74) is 6.76. The first kappa shape index (κ1) is 13.4. The van der Waals surface area contributed by atoms with Crippen LogP contribution >= 0.6 is 0 Å². The number of nitrogens with zero attached hydrogens (tertiary/aromatic N) is 1. The Kier molecular flexibility index (Phi) is 4.14. The molecule has 2 aliphatic rings. The second-order valence-corrected chi connectivity index (χ2v) is 6.87. The number of nitrogens with two attached hydrogens (primary N) is 1. The molecule has 0 bridgehead atoms. The molecule has 4 atom stereocenters. The van der Waals surface area contributed by atoms with E-state index in [-0.39, 0.29) is 5.54 Å². The van der Waals surface area contributed by atoms with Gasteiger partial charge in [0.1, 0.15) is 0 Å². The van der Waals surface area contributed by atoms with E-state index < -0.39 is 0 Å². The normalized spacial score (nSPS) is 44.8. The van der Waals surface area contributed by atoms with Crippen molar-refractivity contribution in [2.45, 2.75) is 83.3 Å². The van der Waals surface area contributed by atoms with Gasteiger partial charge in [0, 0.05) is 24.2 Å². The van der Waals surface area contributed by atoms with Crippen molar-refractivity contribution in [2.75, 3.05) is 6.54 Å². The molecule has 2 rings (SSSR count). The molecule has 1 aliphatic carbocycles. The summed E-state index contributed by atoms with van der Waals surface area (Å²) in [4.78, 5) is 2.68. The minimum absolute atomic E-state index is 0.0948. The van der Waals surface area contributed by atoms with E-state index in [2.05, 4.69) is 25.7 Å². The number of piperidine rings is 1. The lowest BCUT2D eigenvalue weighted by atomic mass is 9.76. The Labute approximate surface area is 107 Å². The van der Waals surface area contributed by atoms with Gasteiger partial charge in [-0.25, -0.2) is 0 Å². The van der Waals surface area contributed by atoms with Crippen LogP contribution in [0.3, 0.4) is 0 Å². The third kappa shape index (κ3) is 3.23. The van der Waals surface area contributed by atoms with Crippen LogP contribution in [-0.2, 0) is 0 Å². The Morgan fingerprint density at radius 3 is 2.29 bits per heavy atom. The van der Waals surface area contributed by atoms with Gasteiger partial charge in [0.15, 0.2) is 0 Å². The maximum Gasteiger partial charge on any atom is 0.0286 e. The number of likely N-dealkylation sites (tertiary alicyclic amines) is 1. The van der Waals surface area contributed by atoms with E-state index >= 15 is 0 Å². The van der Waals surface area contributed by atoms with Crippen molar-refractivity contribution < 1.29 is 0 Å². The fourth-order valence-electron chi connectivity index (χ4n) is 3.99. The molecule has 0 radical (unpaired) electrons. The molecule has 1 saturated heterocycles. The van der Waals surface area contributed by atoms with Crippen molar-refractivity contribution >= 4 is 0 Å². The number of rotatable bonds is 2. The van der Waals surface area contributed by atoms with Crippen molar-refractivity contribution in [1.82, 2.24) is 4.90 Å². The van der Waals surface area contributed by atoms with E-state index in [4.69, 9.17) is 5.73 Å². The molecule has 2 unspecified atom stereocenters. The number of hydrogen-bond acceptors (Lipinski definition) is 2. The first-order valence-electron chi connectivity index (χ1n) is 7.55. The molecule has 0 aromatic heterocycles. The molecule has 100 valence electrons. The summed E-state index contributed by atoms with van der Waals surface area (Å²) in [5, 5.41) is 0. The summed E-state index contributed by atoms with van der Waals surface area (Å²) < 4.78 is 0. The standard InChI is InChI=1S/C15H30N2/c1-12-6-5-9-15(16,10-12)11-17-13(2)7-4-8-14(17)3/h12-14H,4-11,16H2,1-3H3/t12?,13-,14+,15?. The largest absolute Gasteiger partial charge is 0.324 e. The van der Waals surface area contributed by atoms with Crippen LogP contribution in [0, 0.1) is 5.92 Å². The summed E-state index contributed by atoms with van der Waals surface area (Å²) in [7, 11) is 0. The average Bonchev–Trinajstić information content (AvgIpc) is 2.23. The van der Waals surface area contributed by atoms with E-state index in [1.165, 1.54) is 44.9 Å². The third-order valence-electron chi connectivity index (χ3n) is 5.00. The van der Waals surface area contributed by atoms with Gasteiger partial charge in [-0.15, -0.1) is 0 Å². The predicted octanol–water partition coefficient (Wildman–Crippen LogP) is 3.16. The second-order valence-electron chi connectivity index (χ2n) is 6.87. The van der Waals surface area contributed by atoms with Gasteiger partial charge in [-0.2, -0.15) is 0 Å². The summed E-state index contributed by atoms with van der Waals surface area (Å²) in [5.74, 6) is 0.823. The predicted molar refractivity (Wildman–Crippen MR) is 74.0 cm³/mol. The maximum absolute atomic E-state index is 6.66. The fraction of sp³-hybridized carbons (Fsp3) is 1.00. The van der Waals surface area contributed by atoms with Gasteiger partial charge in [0.2, 0.25) is 0 Å². The first-order valence-corrected chi connectivity index (χ1v) is 7.55. The maximum atomic E-state index is 6.66. The second kappa shape index (κ2) is 5.27. The quantitative estimate of drug-likeness (QED) is 0.800. The van der Waals surface area contributed by atoms with Crippen molar-refractivity contribution in [3.8, 4) is 0 Å². The fourth-order valence-corrected chi connectivity index (χ4v) is 3.99. The van der Waals surface area contributed by atoms with Crippen molar-refractivity contribution in [3.63, 3.8) is 0 Å². The van der Waals surface area contributed by atoms with Crippen LogP contribution in [0.15, 0.2) is 0 Å². The highest BCUT2D eigenvalue weighted by Gasteiger charge is 2.36. The monoisotopic (exact) mass is 238 g/mol. The molecule has 1 heterocycles. The van der Waals surface area contributed by atoms with Crippen molar-refractivity contribution in [2.24, 2.45) is 11.7 Å². The van der Waals surface area contributed by atoms with E-state index in [0.29, 0.717) is 0 Å². The summed E-state index contributed by atoms with van der Waals surface area (Å²) in [6.07, 6.45) is 9.27. The molecule has 2 nitrogen and oxygen atoms in total. The van der Waals surface area contributed by atoms with E-state index in [1.54, 1.807) is 0 Å². The van der Waals surface area contributed by atoms with Crippen LogP contribution < -0.4 is 5.73 Å². The minimum Gasteiger partial charge on any atom is -0.324 e. The van der Waals surface area contributed by atoms with Crippen LogP contribution in [0.1, 0.15) is 65.7 Å². The summed E-state index contributed by atoms with van der Waals surface area (Å²) in [6, 6.07) is 1.47. The van der Waals surface area contributed by atoms with Crippen LogP contribution in [0.5, 0.6) is 0 Å². The van der Waals surface area contributed by atoms with Crippen LogP contribution in [0.4, 0.5) is 0 Å². The van der Waals surface area contributed by atoms with Gasteiger partial charge in [-0.05, 0) is 45.4 Å². The molecule has 1 aliphatic heterocycles. The molecular weight excluding hydrogens is 208 g/mol. The Morgan fingerprint density at radius 1 is 1.06 bits per heavy atom. The Bertz CT molecular complexity index is 243. The number of hydrogen-bond donors (Lipinski definition) is 1. The molecule has 2 fully saturated rings. The zero-order chi connectivity index (χ0) is 12.5. The molecule has 0 amide bonds. The SMILES string of the molecule is CC1CCCC(N)(CN2[C@H](C)CCC[C@@H]2C)C1. The minimum atomic E-state index is 0.0948. The summed E-state index contributed by atoms with van der Waals surface area (Å²) in [6.45, 7) is 8.25. The molecule has 2 heteroatoms. The summed E-state index contributed by atoms with van der Waals surface area (Å²) >= 11 is 0. The molecule has 0 aromatic rings. The molecule has 1 saturated carbocycles. The van der Waals surface area contributed by atoms with Gasteiger partial charge in [-0.3, -0.25) is 4.90 Å². The van der Waals surface area contributed by atoms with E-state index in [1.807, 2.05) is 0 Å². The van der Waals surface area contributed by atoms with Gasteiger partial charge in [0.05, 0.1) is 0 Å². The lowest BCUT2D eigenvalue weighted by Crippen LogP contribution is -2.57. The molecule has 17 heavy (non-hydrogen) atoms. The lowest BCUT2D eigenvalue weighted by molar-refractivity contribution is 0.0575. The van der Waals surface area contributed by atoms with Crippen LogP contribution in [0.2, 0.25) is 0 Å². The molecule has 2 N–H and O–H groups in total. The van der Waals surface area contributed by atoms with Crippen LogP contribution in [0.25, 0.3) is 0 Å².